The Morgan fingerprint density at radius 1 is 1.31 bits per heavy atom. The Balaban J connectivity index is 3.12. The fraction of sp³-hybridized carbons (Fsp3) is 0. The molecule has 0 unspecified atom stereocenters. The third kappa shape index (κ3) is 1.38. The van der Waals surface area contributed by atoms with Crippen molar-refractivity contribution in [1.82, 2.24) is 4.98 Å². The van der Waals surface area contributed by atoms with Crippen molar-refractivity contribution in [3.05, 3.63) is 43.2 Å². The quantitative estimate of drug-likeness (QED) is 0.723. The molecule has 0 bridgehead atoms. The summed E-state index contributed by atoms with van der Waals surface area (Å²) in [5.74, 6) is 0. The summed E-state index contributed by atoms with van der Waals surface area (Å²) in [7, 11) is 0. The first kappa shape index (κ1) is 8.47. The Bertz CT molecular complexity index is 572. The number of hydrogen-bond donors (Lipinski definition) is 1. The first-order valence-corrected chi connectivity index (χ1v) is 4.69. The van der Waals surface area contributed by atoms with Gasteiger partial charge in [-0.05, 0) is 12.1 Å². The number of halogens is 1. The highest BCUT2D eigenvalue weighted by molar-refractivity contribution is 7.16. The smallest absolute Gasteiger partial charge is 0.280 e. The van der Waals surface area contributed by atoms with E-state index in [9.17, 15) is 9.59 Å². The average Bonchev–Trinajstić information content (AvgIpc) is 2.07. The second kappa shape index (κ2) is 2.97. The van der Waals surface area contributed by atoms with Crippen LogP contribution in [0.15, 0.2) is 27.8 Å². The van der Waals surface area contributed by atoms with Gasteiger partial charge < -0.3 is 0 Å². The van der Waals surface area contributed by atoms with Gasteiger partial charge in [-0.2, -0.15) is 0 Å². The van der Waals surface area contributed by atoms with Crippen LogP contribution in [0.1, 0.15) is 0 Å². The van der Waals surface area contributed by atoms with Crippen LogP contribution >= 0.6 is 22.9 Å². The van der Waals surface area contributed by atoms with Gasteiger partial charge >= 0.3 is 4.87 Å². The van der Waals surface area contributed by atoms with Crippen molar-refractivity contribution < 1.29 is 0 Å². The minimum Gasteiger partial charge on any atom is -0.280 e. The molecular weight excluding hydrogens is 210 g/mol. The Hall–Kier alpha value is -1.13. The Morgan fingerprint density at radius 3 is 2.85 bits per heavy atom. The van der Waals surface area contributed by atoms with Crippen LogP contribution in [0.5, 0.6) is 0 Å². The lowest BCUT2D eigenvalue weighted by atomic mass is 10.3. The monoisotopic (exact) mass is 213 g/mol. The predicted octanol–water partition coefficient (Wildman–Crippen LogP) is 1.60. The van der Waals surface area contributed by atoms with Crippen molar-refractivity contribution in [2.75, 3.05) is 0 Å². The maximum atomic E-state index is 11.2. The maximum Gasteiger partial charge on any atom is 0.307 e. The minimum atomic E-state index is -0.388. The fourth-order valence-corrected chi connectivity index (χ4v) is 2.13. The van der Waals surface area contributed by atoms with Gasteiger partial charge in [0, 0.05) is 0 Å². The number of hydrogen-bond acceptors (Lipinski definition) is 3. The van der Waals surface area contributed by atoms with Crippen molar-refractivity contribution in [3.8, 4) is 0 Å². The van der Waals surface area contributed by atoms with E-state index < -0.39 is 0 Å². The molecule has 0 saturated heterocycles. The Kier molecular flexibility index (Phi) is 1.94. The molecule has 0 radical (unpaired) electrons. The highest BCUT2D eigenvalue weighted by atomic mass is 35.5. The highest BCUT2D eigenvalue weighted by Crippen LogP contribution is 2.21. The molecular formula is C8H4ClNO2S. The van der Waals surface area contributed by atoms with Gasteiger partial charge in [0.25, 0.3) is 5.56 Å². The number of H-pyrrole nitrogens is 1. The Morgan fingerprint density at radius 2 is 2.08 bits per heavy atom. The largest absolute Gasteiger partial charge is 0.307 e. The van der Waals surface area contributed by atoms with Crippen LogP contribution in [-0.2, 0) is 0 Å². The molecule has 3 nitrogen and oxygen atoms in total. The molecule has 1 heterocycles. The molecule has 1 aromatic heterocycles. The lowest BCUT2D eigenvalue weighted by Gasteiger charge is -1.95. The van der Waals surface area contributed by atoms with Crippen molar-refractivity contribution in [3.63, 3.8) is 0 Å². The molecule has 0 saturated carbocycles. The van der Waals surface area contributed by atoms with Gasteiger partial charge in [-0.1, -0.05) is 29.0 Å². The summed E-state index contributed by atoms with van der Waals surface area (Å²) < 4.78 is 0.540. The fourth-order valence-electron chi connectivity index (χ4n) is 1.07. The number of aromatic nitrogens is 1. The van der Waals surface area contributed by atoms with E-state index in [4.69, 9.17) is 11.6 Å². The molecule has 0 spiro atoms. The zero-order chi connectivity index (χ0) is 9.42. The topological polar surface area (TPSA) is 49.9 Å². The van der Waals surface area contributed by atoms with Crippen LogP contribution in [0.25, 0.3) is 10.1 Å². The molecule has 0 amide bonds. The molecule has 2 rings (SSSR count). The SMILES string of the molecule is O=c1[nH]c(=O)c2cccc(Cl)c2s1. The van der Waals surface area contributed by atoms with E-state index >= 15 is 0 Å². The minimum absolute atomic E-state index is 0.384. The molecule has 1 aromatic carbocycles. The summed E-state index contributed by atoms with van der Waals surface area (Å²) in [5.41, 5.74) is -0.388. The van der Waals surface area contributed by atoms with Crippen LogP contribution < -0.4 is 10.4 Å². The molecule has 13 heavy (non-hydrogen) atoms. The zero-order valence-electron chi connectivity index (χ0n) is 6.33. The van der Waals surface area contributed by atoms with E-state index in [0.717, 1.165) is 11.3 Å². The second-order valence-corrected chi connectivity index (χ2v) is 3.85. The van der Waals surface area contributed by atoms with Crippen molar-refractivity contribution >= 4 is 33.0 Å². The standard InChI is InChI=1S/C8H4ClNO2S/c9-5-3-1-2-4-6(5)13-8(12)10-7(4)11/h1-3H,(H,10,11,12). The van der Waals surface area contributed by atoms with Gasteiger partial charge in [-0.25, -0.2) is 0 Å². The van der Waals surface area contributed by atoms with Crippen molar-refractivity contribution in [2.45, 2.75) is 0 Å². The van der Waals surface area contributed by atoms with Crippen molar-refractivity contribution in [2.24, 2.45) is 0 Å². The van der Waals surface area contributed by atoms with Gasteiger partial charge in [0.05, 0.1) is 15.1 Å². The van der Waals surface area contributed by atoms with Gasteiger partial charge in [0.2, 0.25) is 0 Å². The molecule has 0 aliphatic heterocycles. The van der Waals surface area contributed by atoms with E-state index in [2.05, 4.69) is 4.98 Å². The number of benzene rings is 1. The molecule has 5 heteroatoms. The molecule has 1 N–H and O–H groups in total. The third-order valence-electron chi connectivity index (χ3n) is 1.62. The second-order valence-electron chi connectivity index (χ2n) is 2.46. The number of nitrogens with one attached hydrogen (secondary N) is 1. The Labute approximate surface area is 81.6 Å². The normalized spacial score (nSPS) is 10.5. The van der Waals surface area contributed by atoms with E-state index in [-0.39, 0.29) is 10.4 Å². The van der Waals surface area contributed by atoms with Crippen LogP contribution in [-0.4, -0.2) is 4.98 Å². The summed E-state index contributed by atoms with van der Waals surface area (Å²) in [6, 6.07) is 4.96. The first-order valence-electron chi connectivity index (χ1n) is 3.50. The number of fused-ring (bicyclic) bond motifs is 1. The molecule has 0 fully saturated rings. The van der Waals surface area contributed by atoms with Gasteiger partial charge in [0.1, 0.15) is 0 Å². The lowest BCUT2D eigenvalue weighted by molar-refractivity contribution is 1.25. The number of rotatable bonds is 0. The molecule has 0 aliphatic carbocycles. The summed E-state index contributed by atoms with van der Waals surface area (Å²) in [6.45, 7) is 0. The summed E-state index contributed by atoms with van der Waals surface area (Å²) in [4.78, 5) is 24.0. The van der Waals surface area contributed by atoms with Crippen molar-refractivity contribution in [1.29, 1.82) is 0 Å². The predicted molar refractivity (Wildman–Crippen MR) is 53.7 cm³/mol. The number of aromatic amines is 1. The van der Waals surface area contributed by atoms with E-state index in [1.165, 1.54) is 0 Å². The van der Waals surface area contributed by atoms with Gasteiger partial charge in [-0.3, -0.25) is 14.6 Å². The van der Waals surface area contributed by atoms with E-state index in [1.54, 1.807) is 18.2 Å². The molecule has 66 valence electrons. The average molecular weight is 214 g/mol. The summed E-state index contributed by atoms with van der Waals surface area (Å²) in [6.07, 6.45) is 0. The van der Waals surface area contributed by atoms with Crippen LogP contribution in [0.3, 0.4) is 0 Å². The maximum absolute atomic E-state index is 11.2. The lowest BCUT2D eigenvalue weighted by Crippen LogP contribution is -2.15. The summed E-state index contributed by atoms with van der Waals surface area (Å²) >= 11 is 6.76. The molecule has 2 aromatic rings. The van der Waals surface area contributed by atoms with Gasteiger partial charge in [-0.15, -0.1) is 0 Å². The third-order valence-corrected chi connectivity index (χ3v) is 2.98. The highest BCUT2D eigenvalue weighted by Gasteiger charge is 2.03. The van der Waals surface area contributed by atoms with Gasteiger partial charge in [0.15, 0.2) is 0 Å². The molecule has 0 atom stereocenters. The van der Waals surface area contributed by atoms with E-state index in [0.29, 0.717) is 15.1 Å². The summed E-state index contributed by atoms with van der Waals surface area (Å²) in [5, 5.41) is 0.891. The van der Waals surface area contributed by atoms with Crippen LogP contribution in [0, 0.1) is 0 Å². The van der Waals surface area contributed by atoms with Crippen LogP contribution in [0.4, 0.5) is 0 Å². The van der Waals surface area contributed by atoms with E-state index in [1.807, 2.05) is 0 Å². The van der Waals surface area contributed by atoms with Crippen LogP contribution in [0.2, 0.25) is 5.02 Å². The zero-order valence-corrected chi connectivity index (χ0v) is 7.91. The first-order chi connectivity index (χ1) is 6.18. The molecule has 0 aliphatic rings.